The maximum absolute atomic E-state index is 5.77. The third kappa shape index (κ3) is 1.09. The second-order valence-corrected chi connectivity index (χ2v) is 3.43. The number of hydrogen-bond donors (Lipinski definition) is 2. The monoisotopic (exact) mass is 156 g/mol. The Bertz CT molecular complexity index is 171. The molecule has 0 spiro atoms. The highest BCUT2D eigenvalue weighted by molar-refractivity contribution is 5.14. The lowest BCUT2D eigenvalue weighted by Gasteiger charge is -2.45. The molecule has 0 unspecified atom stereocenters. The average molecular weight is 156 g/mol. The Kier molecular flexibility index (Phi) is 2.09. The molecule has 0 radical (unpaired) electrons. The van der Waals surface area contributed by atoms with Gasteiger partial charge in [-0.2, -0.15) is 0 Å². The minimum atomic E-state index is 0.0226. The molecule has 0 aromatic heterocycles. The first-order valence-electron chi connectivity index (χ1n) is 3.89. The van der Waals surface area contributed by atoms with Gasteiger partial charge in [-0.05, 0) is 5.92 Å². The van der Waals surface area contributed by atoms with Gasteiger partial charge in [0.15, 0.2) is 0 Å². The summed E-state index contributed by atoms with van der Waals surface area (Å²) in [5.41, 5.74) is 11.9. The van der Waals surface area contributed by atoms with Crippen molar-refractivity contribution in [1.29, 1.82) is 0 Å². The van der Waals surface area contributed by atoms with Crippen molar-refractivity contribution in [3.63, 3.8) is 0 Å². The van der Waals surface area contributed by atoms with Crippen molar-refractivity contribution < 1.29 is 4.74 Å². The number of hydrogen-bond acceptors (Lipinski definition) is 3. The zero-order valence-corrected chi connectivity index (χ0v) is 7.13. The largest absolute Gasteiger partial charge is 0.403 e. The van der Waals surface area contributed by atoms with E-state index in [2.05, 4.69) is 13.8 Å². The quantitative estimate of drug-likeness (QED) is 0.609. The lowest BCUT2D eigenvalue weighted by molar-refractivity contribution is -0.115. The van der Waals surface area contributed by atoms with Crippen molar-refractivity contribution in [3.05, 3.63) is 11.9 Å². The fourth-order valence-electron chi connectivity index (χ4n) is 1.32. The first-order chi connectivity index (χ1) is 5.13. The summed E-state index contributed by atoms with van der Waals surface area (Å²) < 4.78 is 5.15. The molecule has 1 aliphatic rings. The van der Waals surface area contributed by atoms with Gasteiger partial charge in [0, 0.05) is 11.9 Å². The molecule has 3 nitrogen and oxygen atoms in total. The van der Waals surface area contributed by atoms with Crippen molar-refractivity contribution in [3.8, 4) is 0 Å². The van der Waals surface area contributed by atoms with Crippen LogP contribution in [-0.4, -0.2) is 13.2 Å². The van der Waals surface area contributed by atoms with Crippen LogP contribution in [0.2, 0.25) is 0 Å². The van der Waals surface area contributed by atoms with Gasteiger partial charge in [0.2, 0.25) is 0 Å². The lowest BCUT2D eigenvalue weighted by atomic mass is 9.73. The van der Waals surface area contributed by atoms with Crippen molar-refractivity contribution in [2.75, 3.05) is 13.2 Å². The van der Waals surface area contributed by atoms with Crippen molar-refractivity contribution in [2.24, 2.45) is 22.8 Å². The highest BCUT2D eigenvalue weighted by atomic mass is 16.5. The standard InChI is InChI=1S/C8H16N2O/c1-6(2)8(4-11-5-8)7(10)3-9/h3,6H,4-5,9-10H2,1-2H3/b7-3-. The van der Waals surface area contributed by atoms with Gasteiger partial charge >= 0.3 is 0 Å². The van der Waals surface area contributed by atoms with Crippen molar-refractivity contribution in [1.82, 2.24) is 0 Å². The van der Waals surface area contributed by atoms with Crippen LogP contribution in [0.4, 0.5) is 0 Å². The van der Waals surface area contributed by atoms with Gasteiger partial charge in [-0.25, -0.2) is 0 Å². The first-order valence-corrected chi connectivity index (χ1v) is 3.89. The van der Waals surface area contributed by atoms with E-state index in [1.165, 1.54) is 6.20 Å². The van der Waals surface area contributed by atoms with Crippen LogP contribution in [0, 0.1) is 11.3 Å². The number of nitrogens with two attached hydrogens (primary N) is 2. The Morgan fingerprint density at radius 3 is 2.18 bits per heavy atom. The smallest absolute Gasteiger partial charge is 0.0602 e. The predicted octanol–water partition coefficient (Wildman–Crippen LogP) is 0.418. The molecule has 0 bridgehead atoms. The molecule has 1 aliphatic heterocycles. The maximum atomic E-state index is 5.77. The average Bonchev–Trinajstić information content (AvgIpc) is 1.84. The Labute approximate surface area is 67.4 Å². The van der Waals surface area contributed by atoms with Crippen LogP contribution in [-0.2, 0) is 4.74 Å². The number of ether oxygens (including phenoxy) is 1. The van der Waals surface area contributed by atoms with Crippen LogP contribution in [0.25, 0.3) is 0 Å². The number of rotatable bonds is 2. The fraction of sp³-hybridized carbons (Fsp3) is 0.750. The molecule has 1 fully saturated rings. The lowest BCUT2D eigenvalue weighted by Crippen LogP contribution is -2.50. The van der Waals surface area contributed by atoms with Gasteiger partial charge in [-0.15, -0.1) is 0 Å². The fourth-order valence-corrected chi connectivity index (χ4v) is 1.32. The van der Waals surface area contributed by atoms with E-state index < -0.39 is 0 Å². The van der Waals surface area contributed by atoms with Crippen LogP contribution in [0.15, 0.2) is 11.9 Å². The Hall–Kier alpha value is -0.700. The van der Waals surface area contributed by atoms with E-state index in [0.717, 1.165) is 5.70 Å². The summed E-state index contributed by atoms with van der Waals surface area (Å²) in [4.78, 5) is 0. The van der Waals surface area contributed by atoms with E-state index in [4.69, 9.17) is 16.2 Å². The van der Waals surface area contributed by atoms with Crippen LogP contribution in [0.1, 0.15) is 13.8 Å². The molecule has 0 saturated carbocycles. The molecule has 1 heterocycles. The van der Waals surface area contributed by atoms with Gasteiger partial charge in [0.25, 0.3) is 0 Å². The SMILES string of the molecule is CC(C)C1(/C(N)=C/N)COC1. The Balaban J connectivity index is 2.76. The van der Waals surface area contributed by atoms with E-state index in [0.29, 0.717) is 19.1 Å². The molecular formula is C8H16N2O. The second kappa shape index (κ2) is 2.74. The Morgan fingerprint density at radius 1 is 1.55 bits per heavy atom. The molecule has 3 heteroatoms. The van der Waals surface area contributed by atoms with Crippen molar-refractivity contribution in [2.45, 2.75) is 13.8 Å². The normalized spacial score (nSPS) is 23.4. The van der Waals surface area contributed by atoms with E-state index >= 15 is 0 Å². The van der Waals surface area contributed by atoms with Gasteiger partial charge in [-0.1, -0.05) is 13.8 Å². The summed E-state index contributed by atoms with van der Waals surface area (Å²) in [6, 6.07) is 0. The van der Waals surface area contributed by atoms with E-state index in [9.17, 15) is 0 Å². The molecule has 11 heavy (non-hydrogen) atoms. The zero-order valence-electron chi connectivity index (χ0n) is 7.13. The summed E-state index contributed by atoms with van der Waals surface area (Å²) in [5, 5.41) is 0. The molecule has 64 valence electrons. The highest BCUT2D eigenvalue weighted by Crippen LogP contribution is 2.39. The molecule has 0 aliphatic carbocycles. The molecule has 1 rings (SSSR count). The zero-order chi connectivity index (χ0) is 8.48. The van der Waals surface area contributed by atoms with Gasteiger partial charge in [0.1, 0.15) is 0 Å². The third-order valence-electron chi connectivity index (χ3n) is 2.58. The van der Waals surface area contributed by atoms with Crippen LogP contribution in [0.3, 0.4) is 0 Å². The molecule has 4 N–H and O–H groups in total. The molecular weight excluding hydrogens is 140 g/mol. The van der Waals surface area contributed by atoms with Crippen LogP contribution >= 0.6 is 0 Å². The van der Waals surface area contributed by atoms with E-state index in [1.807, 2.05) is 0 Å². The Morgan fingerprint density at radius 2 is 2.09 bits per heavy atom. The minimum Gasteiger partial charge on any atom is -0.403 e. The summed E-state index contributed by atoms with van der Waals surface area (Å²) >= 11 is 0. The summed E-state index contributed by atoms with van der Waals surface area (Å²) in [5.74, 6) is 0.496. The molecule has 0 aromatic rings. The summed E-state index contributed by atoms with van der Waals surface area (Å²) in [7, 11) is 0. The van der Waals surface area contributed by atoms with Gasteiger partial charge < -0.3 is 16.2 Å². The highest BCUT2D eigenvalue weighted by Gasteiger charge is 2.43. The van der Waals surface area contributed by atoms with E-state index in [-0.39, 0.29) is 5.41 Å². The van der Waals surface area contributed by atoms with Crippen LogP contribution < -0.4 is 11.5 Å². The molecule has 0 atom stereocenters. The van der Waals surface area contributed by atoms with Crippen molar-refractivity contribution >= 4 is 0 Å². The van der Waals surface area contributed by atoms with Gasteiger partial charge in [-0.3, -0.25) is 0 Å². The minimum absolute atomic E-state index is 0.0226. The first kappa shape index (κ1) is 8.40. The summed E-state index contributed by atoms with van der Waals surface area (Å²) in [6.45, 7) is 5.70. The third-order valence-corrected chi connectivity index (χ3v) is 2.58. The maximum Gasteiger partial charge on any atom is 0.0602 e. The van der Waals surface area contributed by atoms with E-state index in [1.54, 1.807) is 0 Å². The molecule has 0 amide bonds. The molecule has 0 aromatic carbocycles. The van der Waals surface area contributed by atoms with Crippen LogP contribution in [0.5, 0.6) is 0 Å². The molecule has 1 saturated heterocycles. The summed E-state index contributed by atoms with van der Waals surface area (Å²) in [6.07, 6.45) is 1.49. The topological polar surface area (TPSA) is 61.3 Å². The van der Waals surface area contributed by atoms with Gasteiger partial charge in [0.05, 0.1) is 18.6 Å². The predicted molar refractivity (Wildman–Crippen MR) is 44.5 cm³/mol. The second-order valence-electron chi connectivity index (χ2n) is 3.43.